The molecule has 4 nitrogen and oxygen atoms in total. The predicted molar refractivity (Wildman–Crippen MR) is 135 cm³/mol. The lowest BCUT2D eigenvalue weighted by atomic mass is 9.86. The van der Waals surface area contributed by atoms with Gasteiger partial charge in [0.25, 0.3) is 0 Å². The maximum atomic E-state index is 12.9. The van der Waals surface area contributed by atoms with E-state index in [1.807, 2.05) is 73.0 Å². The van der Waals surface area contributed by atoms with Crippen LogP contribution in [0, 0.1) is 0 Å². The van der Waals surface area contributed by atoms with Crippen molar-refractivity contribution < 1.29 is 9.53 Å². The quantitative estimate of drug-likeness (QED) is 0.332. The fourth-order valence-electron chi connectivity index (χ4n) is 4.08. The molecule has 0 saturated carbocycles. The van der Waals surface area contributed by atoms with Gasteiger partial charge in [-0.3, -0.25) is 4.79 Å². The van der Waals surface area contributed by atoms with E-state index in [0.29, 0.717) is 6.61 Å². The maximum absolute atomic E-state index is 12.9. The molecule has 1 amide bonds. The molecule has 0 fully saturated rings. The van der Waals surface area contributed by atoms with Crippen molar-refractivity contribution in [1.82, 2.24) is 10.3 Å². The molecule has 168 valence electrons. The predicted octanol–water partition coefficient (Wildman–Crippen LogP) is 6.09. The summed E-state index contributed by atoms with van der Waals surface area (Å²) in [6, 6.07) is 28.4. The molecule has 1 unspecified atom stereocenters. The molecule has 0 aliphatic carbocycles. The van der Waals surface area contributed by atoms with Crippen molar-refractivity contribution in [2.45, 2.75) is 32.2 Å². The number of rotatable bonds is 9. The standard InChI is InChI=1S/C28H28N2O2S/c1-3-32-25-17-11-10-16-24(25)28-30-23(19-33-28)18-26(31)29-20(2)27(21-12-6-4-7-13-21)22-14-8-5-9-15-22/h4-17,19-20,27H,3,18H2,1-2H3,(H,29,31). The largest absolute Gasteiger partial charge is 0.493 e. The van der Waals surface area contributed by atoms with Crippen molar-refractivity contribution in [3.63, 3.8) is 0 Å². The maximum Gasteiger partial charge on any atom is 0.226 e. The lowest BCUT2D eigenvalue weighted by Gasteiger charge is -2.26. The number of thiazole rings is 1. The third-order valence-corrected chi connectivity index (χ3v) is 6.44. The molecular formula is C28H28N2O2S. The van der Waals surface area contributed by atoms with Gasteiger partial charge >= 0.3 is 0 Å². The molecule has 0 bridgehead atoms. The molecule has 5 heteroatoms. The van der Waals surface area contributed by atoms with Crippen LogP contribution in [0.15, 0.2) is 90.3 Å². The Kier molecular flexibility index (Phi) is 7.53. The van der Waals surface area contributed by atoms with Crippen LogP contribution in [0.2, 0.25) is 0 Å². The van der Waals surface area contributed by atoms with Crippen LogP contribution in [0.1, 0.15) is 36.6 Å². The smallest absolute Gasteiger partial charge is 0.226 e. The molecule has 1 N–H and O–H groups in total. The SMILES string of the molecule is CCOc1ccccc1-c1nc(CC(=O)NC(C)C(c2ccccc2)c2ccccc2)cs1. The molecule has 0 saturated heterocycles. The molecule has 4 rings (SSSR count). The first kappa shape index (κ1) is 22.7. The number of para-hydroxylation sites is 1. The summed E-state index contributed by atoms with van der Waals surface area (Å²) in [5, 5.41) is 6.02. The molecule has 1 aromatic heterocycles. The van der Waals surface area contributed by atoms with E-state index >= 15 is 0 Å². The number of amides is 1. The Morgan fingerprint density at radius 1 is 0.939 bits per heavy atom. The Hall–Kier alpha value is -3.44. The highest BCUT2D eigenvalue weighted by Crippen LogP contribution is 2.32. The number of hydrogen-bond acceptors (Lipinski definition) is 4. The number of carbonyl (C=O) groups is 1. The van der Waals surface area contributed by atoms with Gasteiger partial charge < -0.3 is 10.1 Å². The Morgan fingerprint density at radius 2 is 1.55 bits per heavy atom. The topological polar surface area (TPSA) is 51.2 Å². The summed E-state index contributed by atoms with van der Waals surface area (Å²) >= 11 is 1.53. The minimum absolute atomic E-state index is 0.0331. The molecule has 0 aliphatic heterocycles. The molecular weight excluding hydrogens is 428 g/mol. The van der Waals surface area contributed by atoms with Gasteiger partial charge in [0, 0.05) is 17.3 Å². The van der Waals surface area contributed by atoms with Gasteiger partial charge in [-0.15, -0.1) is 11.3 Å². The van der Waals surface area contributed by atoms with Crippen LogP contribution in [0.5, 0.6) is 5.75 Å². The summed E-state index contributed by atoms with van der Waals surface area (Å²) in [4.78, 5) is 17.6. The minimum Gasteiger partial charge on any atom is -0.493 e. The Morgan fingerprint density at radius 3 is 2.18 bits per heavy atom. The first-order valence-corrected chi connectivity index (χ1v) is 12.1. The van der Waals surface area contributed by atoms with Crippen LogP contribution in [-0.2, 0) is 11.2 Å². The van der Waals surface area contributed by atoms with E-state index < -0.39 is 0 Å². The van der Waals surface area contributed by atoms with Gasteiger partial charge in [0.15, 0.2) is 0 Å². The van der Waals surface area contributed by atoms with Crippen molar-refractivity contribution in [3.05, 3.63) is 107 Å². The number of ether oxygens (including phenoxy) is 1. The van der Waals surface area contributed by atoms with Gasteiger partial charge in [0.05, 0.1) is 24.3 Å². The second-order valence-corrected chi connectivity index (χ2v) is 8.76. The number of nitrogens with one attached hydrogen (secondary N) is 1. The molecule has 33 heavy (non-hydrogen) atoms. The third kappa shape index (κ3) is 5.68. The second kappa shape index (κ2) is 10.9. The van der Waals surface area contributed by atoms with E-state index in [4.69, 9.17) is 9.72 Å². The van der Waals surface area contributed by atoms with Gasteiger partial charge in [0.2, 0.25) is 5.91 Å². The molecule has 3 aromatic carbocycles. The van der Waals surface area contributed by atoms with Crippen LogP contribution < -0.4 is 10.1 Å². The van der Waals surface area contributed by atoms with Crippen LogP contribution in [0.25, 0.3) is 10.6 Å². The van der Waals surface area contributed by atoms with E-state index in [9.17, 15) is 4.79 Å². The van der Waals surface area contributed by atoms with E-state index in [-0.39, 0.29) is 24.3 Å². The van der Waals surface area contributed by atoms with Gasteiger partial charge in [0.1, 0.15) is 10.8 Å². The number of carbonyl (C=O) groups excluding carboxylic acids is 1. The number of aromatic nitrogens is 1. The number of nitrogens with zero attached hydrogens (tertiary/aromatic N) is 1. The van der Waals surface area contributed by atoms with Crippen molar-refractivity contribution in [2.24, 2.45) is 0 Å². The van der Waals surface area contributed by atoms with Crippen molar-refractivity contribution in [2.75, 3.05) is 6.61 Å². The van der Waals surface area contributed by atoms with E-state index in [1.54, 1.807) is 0 Å². The minimum atomic E-state index is -0.0703. The zero-order valence-electron chi connectivity index (χ0n) is 18.9. The zero-order valence-corrected chi connectivity index (χ0v) is 19.7. The number of benzene rings is 3. The first-order valence-electron chi connectivity index (χ1n) is 11.2. The summed E-state index contributed by atoms with van der Waals surface area (Å²) in [6.45, 7) is 4.63. The molecule has 0 aliphatic rings. The molecule has 4 aromatic rings. The summed E-state index contributed by atoms with van der Waals surface area (Å²) in [7, 11) is 0. The van der Waals surface area contributed by atoms with Crippen molar-refractivity contribution in [3.8, 4) is 16.3 Å². The summed E-state index contributed by atoms with van der Waals surface area (Å²) in [5.41, 5.74) is 4.08. The summed E-state index contributed by atoms with van der Waals surface area (Å²) in [5.74, 6) is 0.849. The summed E-state index contributed by atoms with van der Waals surface area (Å²) in [6.07, 6.45) is 0.244. The number of hydrogen-bond donors (Lipinski definition) is 1. The van der Waals surface area contributed by atoms with E-state index in [1.165, 1.54) is 22.5 Å². The van der Waals surface area contributed by atoms with E-state index in [2.05, 4.69) is 36.5 Å². The fraction of sp³-hybridized carbons (Fsp3) is 0.214. The van der Waals surface area contributed by atoms with Crippen molar-refractivity contribution in [1.29, 1.82) is 0 Å². The lowest BCUT2D eigenvalue weighted by Crippen LogP contribution is -2.38. The highest BCUT2D eigenvalue weighted by Gasteiger charge is 2.23. The second-order valence-electron chi connectivity index (χ2n) is 7.91. The average Bonchev–Trinajstić information content (AvgIpc) is 3.29. The Labute approximate surface area is 199 Å². The van der Waals surface area contributed by atoms with Gasteiger partial charge in [-0.2, -0.15) is 0 Å². The van der Waals surface area contributed by atoms with Crippen molar-refractivity contribution >= 4 is 17.2 Å². The van der Waals surface area contributed by atoms with Crippen LogP contribution in [0.3, 0.4) is 0 Å². The Balaban J connectivity index is 1.47. The Bertz CT molecular complexity index is 1140. The van der Waals surface area contributed by atoms with Gasteiger partial charge in [-0.1, -0.05) is 72.8 Å². The van der Waals surface area contributed by atoms with Gasteiger partial charge in [-0.05, 0) is 37.1 Å². The molecule has 1 atom stereocenters. The molecule has 0 spiro atoms. The highest BCUT2D eigenvalue weighted by atomic mass is 32.1. The summed E-state index contributed by atoms with van der Waals surface area (Å²) < 4.78 is 5.73. The normalized spacial score (nSPS) is 11.8. The molecule has 0 radical (unpaired) electrons. The van der Waals surface area contributed by atoms with Crippen LogP contribution in [-0.4, -0.2) is 23.5 Å². The highest BCUT2D eigenvalue weighted by molar-refractivity contribution is 7.13. The zero-order chi connectivity index (χ0) is 23.0. The fourth-order valence-corrected chi connectivity index (χ4v) is 4.93. The van der Waals surface area contributed by atoms with Crippen LogP contribution >= 0.6 is 11.3 Å². The average molecular weight is 457 g/mol. The third-order valence-electron chi connectivity index (χ3n) is 5.52. The first-order chi connectivity index (χ1) is 16.2. The van der Waals surface area contributed by atoms with Gasteiger partial charge in [-0.25, -0.2) is 4.98 Å². The monoisotopic (exact) mass is 456 g/mol. The van der Waals surface area contributed by atoms with Crippen LogP contribution in [0.4, 0.5) is 0 Å². The lowest BCUT2D eigenvalue weighted by molar-refractivity contribution is -0.121. The molecule has 1 heterocycles. The van der Waals surface area contributed by atoms with E-state index in [0.717, 1.165) is 22.0 Å².